The molecule has 1 saturated heterocycles. The first-order valence-electron chi connectivity index (χ1n) is 4.83. The van der Waals surface area contributed by atoms with Gasteiger partial charge in [0, 0.05) is 18.7 Å². The van der Waals surface area contributed by atoms with Crippen LogP contribution in [-0.4, -0.2) is 33.5 Å². The first kappa shape index (κ1) is 11.0. The van der Waals surface area contributed by atoms with Crippen LogP contribution < -0.4 is 11.2 Å². The highest BCUT2D eigenvalue weighted by atomic mass is 19.1. The third-order valence-electron chi connectivity index (χ3n) is 2.46. The number of halogens is 1. The largest absolute Gasteiger partial charge is 0.394 e. The number of hydrogen-bond donors (Lipinski definition) is 2. The van der Waals surface area contributed by atoms with E-state index in [1.165, 1.54) is 6.20 Å². The van der Waals surface area contributed by atoms with Gasteiger partial charge in [0.15, 0.2) is 6.23 Å². The SMILES string of the molecule is O=c1ccn(C2OC(CO)CC2F)c(=O)[nH]1. The van der Waals surface area contributed by atoms with Crippen LogP contribution in [0, 0.1) is 0 Å². The molecule has 0 spiro atoms. The van der Waals surface area contributed by atoms with Crippen LogP contribution in [0.3, 0.4) is 0 Å². The van der Waals surface area contributed by atoms with Gasteiger partial charge in [0.1, 0.15) is 6.17 Å². The third kappa shape index (κ3) is 1.91. The summed E-state index contributed by atoms with van der Waals surface area (Å²) >= 11 is 0. The summed E-state index contributed by atoms with van der Waals surface area (Å²) in [6.07, 6.45) is -1.86. The van der Waals surface area contributed by atoms with Gasteiger partial charge >= 0.3 is 5.69 Å². The van der Waals surface area contributed by atoms with E-state index in [4.69, 9.17) is 9.84 Å². The van der Waals surface area contributed by atoms with Gasteiger partial charge in [0.25, 0.3) is 5.56 Å². The second-order valence-electron chi connectivity index (χ2n) is 3.60. The molecule has 2 N–H and O–H groups in total. The molecule has 88 valence electrons. The predicted octanol–water partition coefficient (Wildman–Crippen LogP) is -0.846. The molecule has 1 aromatic rings. The average Bonchev–Trinajstić information content (AvgIpc) is 2.60. The van der Waals surface area contributed by atoms with E-state index in [2.05, 4.69) is 0 Å². The van der Waals surface area contributed by atoms with Gasteiger partial charge in [-0.1, -0.05) is 0 Å². The Labute approximate surface area is 89.3 Å². The summed E-state index contributed by atoms with van der Waals surface area (Å²) in [5.41, 5.74) is -1.27. The van der Waals surface area contributed by atoms with E-state index in [-0.39, 0.29) is 13.0 Å². The lowest BCUT2D eigenvalue weighted by molar-refractivity contribution is -0.0394. The maximum absolute atomic E-state index is 13.5. The number of aliphatic hydroxyl groups is 1. The first-order chi connectivity index (χ1) is 7.61. The fourth-order valence-corrected chi connectivity index (χ4v) is 1.69. The lowest BCUT2D eigenvalue weighted by atomic mass is 10.2. The zero-order valence-electron chi connectivity index (χ0n) is 8.30. The lowest BCUT2D eigenvalue weighted by Crippen LogP contribution is -2.34. The summed E-state index contributed by atoms with van der Waals surface area (Å²) in [6, 6.07) is 1.11. The van der Waals surface area contributed by atoms with Crippen molar-refractivity contribution in [2.75, 3.05) is 6.61 Å². The predicted molar refractivity (Wildman–Crippen MR) is 51.8 cm³/mol. The molecule has 0 amide bonds. The molecule has 3 atom stereocenters. The minimum absolute atomic E-state index is 0.0345. The van der Waals surface area contributed by atoms with Crippen molar-refractivity contribution in [3.63, 3.8) is 0 Å². The van der Waals surface area contributed by atoms with Gasteiger partial charge in [0.2, 0.25) is 0 Å². The molecule has 16 heavy (non-hydrogen) atoms. The van der Waals surface area contributed by atoms with Crippen molar-refractivity contribution in [2.24, 2.45) is 0 Å². The minimum Gasteiger partial charge on any atom is -0.394 e. The Balaban J connectivity index is 2.31. The van der Waals surface area contributed by atoms with Gasteiger partial charge in [-0.15, -0.1) is 0 Å². The lowest BCUT2D eigenvalue weighted by Gasteiger charge is -2.15. The van der Waals surface area contributed by atoms with Crippen LogP contribution in [0.5, 0.6) is 0 Å². The van der Waals surface area contributed by atoms with Crippen LogP contribution in [-0.2, 0) is 4.74 Å². The van der Waals surface area contributed by atoms with Gasteiger partial charge in [-0.3, -0.25) is 14.3 Å². The average molecular weight is 230 g/mol. The standard InChI is InChI=1S/C9H11FN2O4/c10-6-3-5(4-13)16-8(6)12-2-1-7(14)11-9(12)15/h1-2,5-6,8,13H,3-4H2,(H,11,14,15). The fourth-order valence-electron chi connectivity index (χ4n) is 1.69. The summed E-state index contributed by atoms with van der Waals surface area (Å²) in [4.78, 5) is 24.2. The molecular weight excluding hydrogens is 219 g/mol. The van der Waals surface area contributed by atoms with Gasteiger partial charge in [-0.05, 0) is 0 Å². The van der Waals surface area contributed by atoms with Gasteiger partial charge < -0.3 is 9.84 Å². The molecule has 0 saturated carbocycles. The molecule has 6 nitrogen and oxygen atoms in total. The highest BCUT2D eigenvalue weighted by molar-refractivity contribution is 4.88. The molecule has 1 aliphatic heterocycles. The number of ether oxygens (including phenoxy) is 1. The van der Waals surface area contributed by atoms with E-state index in [0.29, 0.717) is 0 Å². The molecule has 2 heterocycles. The number of aliphatic hydroxyl groups excluding tert-OH is 1. The van der Waals surface area contributed by atoms with Gasteiger partial charge in [0.05, 0.1) is 12.7 Å². The van der Waals surface area contributed by atoms with Crippen LogP contribution in [0.2, 0.25) is 0 Å². The molecule has 0 aromatic carbocycles. The fraction of sp³-hybridized carbons (Fsp3) is 0.556. The number of aromatic amines is 1. The van der Waals surface area contributed by atoms with E-state index >= 15 is 0 Å². The summed E-state index contributed by atoms with van der Waals surface area (Å²) in [5, 5.41) is 8.83. The summed E-state index contributed by atoms with van der Waals surface area (Å²) in [6.45, 7) is -0.297. The second kappa shape index (κ2) is 4.18. The van der Waals surface area contributed by atoms with Gasteiger partial charge in [-0.2, -0.15) is 0 Å². The normalized spacial score (nSPS) is 29.5. The maximum Gasteiger partial charge on any atom is 0.330 e. The second-order valence-corrected chi connectivity index (χ2v) is 3.60. The summed E-state index contributed by atoms with van der Waals surface area (Å²) in [7, 11) is 0. The number of nitrogens with zero attached hydrogens (tertiary/aromatic N) is 1. The van der Waals surface area contributed by atoms with E-state index in [9.17, 15) is 14.0 Å². The van der Waals surface area contributed by atoms with Crippen molar-refractivity contribution in [1.82, 2.24) is 9.55 Å². The Kier molecular flexibility index (Phi) is 2.88. The van der Waals surface area contributed by atoms with Crippen LogP contribution in [0.1, 0.15) is 12.6 Å². The van der Waals surface area contributed by atoms with E-state index in [1.54, 1.807) is 0 Å². The molecule has 3 unspecified atom stereocenters. The molecule has 7 heteroatoms. The molecule has 0 aliphatic carbocycles. The first-order valence-corrected chi connectivity index (χ1v) is 4.83. The summed E-state index contributed by atoms with van der Waals surface area (Å²) in [5.74, 6) is 0. The Bertz CT molecular complexity index is 483. The van der Waals surface area contributed by atoms with Crippen molar-refractivity contribution < 1.29 is 14.2 Å². The van der Waals surface area contributed by atoms with Gasteiger partial charge in [-0.25, -0.2) is 9.18 Å². The molecular formula is C9H11FN2O4. The quantitative estimate of drug-likeness (QED) is 0.693. The third-order valence-corrected chi connectivity index (χ3v) is 2.46. The number of hydrogen-bond acceptors (Lipinski definition) is 4. The monoisotopic (exact) mass is 230 g/mol. The molecule has 1 aliphatic rings. The van der Waals surface area contributed by atoms with E-state index in [1.807, 2.05) is 4.98 Å². The van der Waals surface area contributed by atoms with Crippen LogP contribution in [0.15, 0.2) is 21.9 Å². The molecule has 1 fully saturated rings. The smallest absolute Gasteiger partial charge is 0.330 e. The van der Waals surface area contributed by atoms with Crippen LogP contribution >= 0.6 is 0 Å². The highest BCUT2D eigenvalue weighted by Crippen LogP contribution is 2.29. The van der Waals surface area contributed by atoms with Crippen LogP contribution in [0.4, 0.5) is 4.39 Å². The topological polar surface area (TPSA) is 84.3 Å². The highest BCUT2D eigenvalue weighted by Gasteiger charge is 2.36. The number of aromatic nitrogens is 2. The van der Waals surface area contributed by atoms with Crippen molar-refractivity contribution >= 4 is 0 Å². The number of H-pyrrole nitrogens is 1. The minimum atomic E-state index is -1.37. The zero-order chi connectivity index (χ0) is 11.7. The Morgan fingerprint density at radius 3 is 2.94 bits per heavy atom. The number of nitrogens with one attached hydrogen (secondary N) is 1. The van der Waals surface area contributed by atoms with Crippen molar-refractivity contribution in [3.05, 3.63) is 33.1 Å². The van der Waals surface area contributed by atoms with Crippen LogP contribution in [0.25, 0.3) is 0 Å². The van der Waals surface area contributed by atoms with E-state index < -0.39 is 29.8 Å². The molecule has 0 radical (unpaired) electrons. The maximum atomic E-state index is 13.5. The Hall–Kier alpha value is -1.47. The van der Waals surface area contributed by atoms with Crippen molar-refractivity contribution in [3.8, 4) is 0 Å². The number of alkyl halides is 1. The zero-order valence-corrected chi connectivity index (χ0v) is 8.30. The summed E-state index contributed by atoms with van der Waals surface area (Å²) < 4.78 is 19.6. The Morgan fingerprint density at radius 2 is 2.38 bits per heavy atom. The van der Waals surface area contributed by atoms with Crippen molar-refractivity contribution in [1.29, 1.82) is 0 Å². The van der Waals surface area contributed by atoms with E-state index in [0.717, 1.165) is 10.6 Å². The molecule has 0 bridgehead atoms. The molecule has 1 aromatic heterocycles. The van der Waals surface area contributed by atoms with Crippen molar-refractivity contribution in [2.45, 2.75) is 24.9 Å². The molecule has 2 rings (SSSR count). The Morgan fingerprint density at radius 1 is 1.62 bits per heavy atom. The number of rotatable bonds is 2.